The van der Waals surface area contributed by atoms with E-state index in [9.17, 15) is 0 Å². The molecule has 0 unspecified atom stereocenters. The maximum absolute atomic E-state index is 7.08. The van der Waals surface area contributed by atoms with Crippen molar-refractivity contribution >= 4 is 97.9 Å². The van der Waals surface area contributed by atoms with E-state index in [1.807, 2.05) is 6.07 Å². The van der Waals surface area contributed by atoms with Crippen LogP contribution in [0.25, 0.3) is 155 Å². The minimum Gasteiger partial charge on any atom is -0.454 e. The summed E-state index contributed by atoms with van der Waals surface area (Å²) in [5, 5.41) is 13.7. The average Bonchev–Trinajstić information content (AvgIpc) is 4.22. The molecule has 0 amide bonds. The smallest absolute Gasteiger partial charge is 0.164 e. The Labute approximate surface area is 429 Å². The highest BCUT2D eigenvalue weighted by Gasteiger charge is 2.23. The van der Waals surface area contributed by atoms with E-state index in [1.54, 1.807) is 0 Å². The normalized spacial score (nSPS) is 12.0. The van der Waals surface area contributed by atoms with Gasteiger partial charge in [0.1, 0.15) is 5.58 Å². The molecular weight excluding hydrogens is 915 g/mol. The van der Waals surface area contributed by atoms with Gasteiger partial charge in [-0.25, -0.2) is 15.0 Å². The summed E-state index contributed by atoms with van der Waals surface area (Å²) in [7, 11) is 0. The molecule has 348 valence electrons. The van der Waals surface area contributed by atoms with Crippen LogP contribution in [0.15, 0.2) is 253 Å². The predicted molar refractivity (Wildman–Crippen MR) is 310 cm³/mol. The maximum Gasteiger partial charge on any atom is 0.164 e. The Bertz CT molecular complexity index is 4920. The highest BCUT2D eigenvalue weighted by atomic mass is 16.3. The first-order valence-electron chi connectivity index (χ1n) is 25.4. The van der Waals surface area contributed by atoms with Gasteiger partial charge in [0, 0.05) is 54.7 Å². The minimum absolute atomic E-state index is 0.584. The zero-order valence-electron chi connectivity index (χ0n) is 40.3. The topological polar surface area (TPSA) is 61.7 Å². The van der Waals surface area contributed by atoms with Crippen molar-refractivity contribution in [2.45, 2.75) is 0 Å². The summed E-state index contributed by atoms with van der Waals surface area (Å²) in [6.45, 7) is 0. The number of nitrogens with zero attached hydrogens (tertiary/aromatic N) is 5. The SMILES string of the molecule is c1ccc(-c2cccc(-c3nc(-c4ccc5ccc6oc7c(-n8c9cc%10ccccc%10cc9c9cc%10ccccc%10cc98)cccc7c6c5c4)nc(-c4cccc5c4c4ccccc4n5-c4ccccc4)n3)c2)cc1. The summed E-state index contributed by atoms with van der Waals surface area (Å²) in [6, 6.07) is 88.6. The van der Waals surface area contributed by atoms with Crippen LogP contribution in [-0.4, -0.2) is 24.1 Å². The number of hydrogen-bond donors (Lipinski definition) is 0. The lowest BCUT2D eigenvalue weighted by atomic mass is 10.0. The highest BCUT2D eigenvalue weighted by molar-refractivity contribution is 6.22. The Morgan fingerprint density at radius 1 is 0.293 bits per heavy atom. The van der Waals surface area contributed by atoms with E-state index < -0.39 is 0 Å². The molecule has 6 heteroatoms. The zero-order chi connectivity index (χ0) is 49.1. The molecule has 16 aromatic rings. The second kappa shape index (κ2) is 16.2. The van der Waals surface area contributed by atoms with E-state index in [2.05, 4.69) is 252 Å². The lowest BCUT2D eigenvalue weighted by Crippen LogP contribution is -2.01. The van der Waals surface area contributed by atoms with Crippen LogP contribution in [0, 0.1) is 0 Å². The van der Waals surface area contributed by atoms with E-state index in [1.165, 1.54) is 32.3 Å². The number of rotatable bonds is 6. The molecule has 12 aromatic carbocycles. The van der Waals surface area contributed by atoms with Gasteiger partial charge in [-0.05, 0) is 116 Å². The molecule has 0 N–H and O–H groups in total. The maximum atomic E-state index is 7.08. The fourth-order valence-electron chi connectivity index (χ4n) is 11.8. The quantitative estimate of drug-likeness (QED) is 0.167. The number of fused-ring (bicyclic) bond motifs is 13. The predicted octanol–water partition coefficient (Wildman–Crippen LogP) is 18.1. The van der Waals surface area contributed by atoms with Crippen LogP contribution in [0.3, 0.4) is 0 Å². The molecule has 6 nitrogen and oxygen atoms in total. The van der Waals surface area contributed by atoms with Crippen molar-refractivity contribution in [2.24, 2.45) is 0 Å². The third-order valence-corrected chi connectivity index (χ3v) is 15.3. The summed E-state index contributed by atoms with van der Waals surface area (Å²) in [5.41, 5.74) is 13.1. The first kappa shape index (κ1) is 41.4. The number of aromatic nitrogens is 5. The summed E-state index contributed by atoms with van der Waals surface area (Å²) in [6.07, 6.45) is 0. The van der Waals surface area contributed by atoms with E-state index in [0.717, 1.165) is 105 Å². The van der Waals surface area contributed by atoms with Crippen LogP contribution in [0.5, 0.6) is 0 Å². The Kier molecular flexibility index (Phi) is 8.94. The molecule has 0 fully saturated rings. The molecule has 0 bridgehead atoms. The fourth-order valence-corrected chi connectivity index (χ4v) is 11.8. The summed E-state index contributed by atoms with van der Waals surface area (Å²) in [5.74, 6) is 1.78. The Morgan fingerprint density at radius 2 is 0.853 bits per heavy atom. The van der Waals surface area contributed by atoms with Gasteiger partial charge in [0.15, 0.2) is 23.1 Å². The number of hydrogen-bond acceptors (Lipinski definition) is 4. The summed E-state index contributed by atoms with van der Waals surface area (Å²) in [4.78, 5) is 16.2. The van der Waals surface area contributed by atoms with Crippen LogP contribution in [0.2, 0.25) is 0 Å². The van der Waals surface area contributed by atoms with Crippen LogP contribution >= 0.6 is 0 Å². The van der Waals surface area contributed by atoms with E-state index in [-0.39, 0.29) is 0 Å². The fraction of sp³-hybridized carbons (Fsp3) is 0. The van der Waals surface area contributed by atoms with Crippen LogP contribution in [0.4, 0.5) is 0 Å². The molecule has 75 heavy (non-hydrogen) atoms. The molecule has 0 aliphatic heterocycles. The van der Waals surface area contributed by atoms with Crippen molar-refractivity contribution in [3.8, 4) is 56.7 Å². The van der Waals surface area contributed by atoms with Gasteiger partial charge in [0.05, 0.1) is 27.8 Å². The largest absolute Gasteiger partial charge is 0.454 e. The third-order valence-electron chi connectivity index (χ3n) is 15.3. The van der Waals surface area contributed by atoms with Crippen LogP contribution < -0.4 is 0 Å². The summed E-state index contributed by atoms with van der Waals surface area (Å²) < 4.78 is 11.8. The second-order valence-electron chi connectivity index (χ2n) is 19.5. The lowest BCUT2D eigenvalue weighted by molar-refractivity contribution is 0.666. The van der Waals surface area contributed by atoms with Crippen molar-refractivity contribution < 1.29 is 4.42 Å². The van der Waals surface area contributed by atoms with Crippen LogP contribution in [-0.2, 0) is 0 Å². The first-order chi connectivity index (χ1) is 37.2. The molecule has 4 aromatic heterocycles. The minimum atomic E-state index is 0.584. The van der Waals surface area contributed by atoms with Gasteiger partial charge in [-0.15, -0.1) is 0 Å². The van der Waals surface area contributed by atoms with E-state index >= 15 is 0 Å². The van der Waals surface area contributed by atoms with Crippen molar-refractivity contribution in [1.82, 2.24) is 24.1 Å². The van der Waals surface area contributed by atoms with Crippen molar-refractivity contribution in [1.29, 1.82) is 0 Å². The van der Waals surface area contributed by atoms with Gasteiger partial charge in [-0.2, -0.15) is 0 Å². The standard InChI is InChI=1S/C69H41N5O/c1-3-16-42(17-4-1)44-22-13-23-49(36-44)67-70-68(72-69(71-67)54-28-15-30-59-64(54)52-26-11-12-29-58(52)73(59)51-24-5-2-6-25-51)50-33-32-43-34-35-63-65(55(43)39-50)53-27-14-31-60(66(53)75-63)74-61-40-47-20-9-7-18-45(47)37-56(61)57-38-46-19-8-10-21-48(46)41-62(57)74/h1-41H. The van der Waals surface area contributed by atoms with Gasteiger partial charge in [0.2, 0.25) is 0 Å². The van der Waals surface area contributed by atoms with E-state index in [4.69, 9.17) is 19.4 Å². The van der Waals surface area contributed by atoms with E-state index in [0.29, 0.717) is 17.5 Å². The molecular formula is C69H41N5O. The summed E-state index contributed by atoms with van der Waals surface area (Å²) >= 11 is 0. The third kappa shape index (κ3) is 6.43. The van der Waals surface area contributed by atoms with Crippen LogP contribution in [0.1, 0.15) is 0 Å². The Balaban J connectivity index is 0.924. The number of para-hydroxylation sites is 3. The molecule has 0 radical (unpaired) electrons. The van der Waals surface area contributed by atoms with Gasteiger partial charge < -0.3 is 13.6 Å². The average molecular weight is 956 g/mol. The molecule has 16 rings (SSSR count). The van der Waals surface area contributed by atoms with Gasteiger partial charge >= 0.3 is 0 Å². The molecule has 0 spiro atoms. The molecule has 0 aliphatic carbocycles. The second-order valence-corrected chi connectivity index (χ2v) is 19.5. The molecule has 0 saturated carbocycles. The monoisotopic (exact) mass is 955 g/mol. The highest BCUT2D eigenvalue weighted by Crippen LogP contribution is 2.44. The zero-order valence-corrected chi connectivity index (χ0v) is 40.3. The van der Waals surface area contributed by atoms with Gasteiger partial charge in [0.25, 0.3) is 0 Å². The molecule has 0 aliphatic rings. The number of furan rings is 1. The van der Waals surface area contributed by atoms with Crippen molar-refractivity contribution in [3.63, 3.8) is 0 Å². The lowest BCUT2D eigenvalue weighted by Gasteiger charge is -2.12. The first-order valence-corrected chi connectivity index (χ1v) is 25.4. The molecule has 0 saturated heterocycles. The van der Waals surface area contributed by atoms with Crippen molar-refractivity contribution in [2.75, 3.05) is 0 Å². The Morgan fingerprint density at radius 3 is 1.60 bits per heavy atom. The number of benzene rings is 12. The van der Waals surface area contributed by atoms with Gasteiger partial charge in [-0.1, -0.05) is 176 Å². The Hall–Kier alpha value is -10.2. The van der Waals surface area contributed by atoms with Gasteiger partial charge in [-0.3, -0.25) is 0 Å². The molecule has 4 heterocycles. The van der Waals surface area contributed by atoms with Crippen molar-refractivity contribution in [3.05, 3.63) is 249 Å². The molecule has 0 atom stereocenters.